The third kappa shape index (κ3) is 5.27. The van der Waals surface area contributed by atoms with Crippen LogP contribution in [0.25, 0.3) is 0 Å². The Morgan fingerprint density at radius 1 is 1.04 bits per heavy atom. The Bertz CT molecular complexity index is 766. The predicted octanol–water partition coefficient (Wildman–Crippen LogP) is 4.63. The number of ether oxygens (including phenoxy) is 1. The van der Waals surface area contributed by atoms with E-state index in [9.17, 15) is 18.3 Å². The predicted molar refractivity (Wildman–Crippen MR) is 90.1 cm³/mol. The molecule has 0 bridgehead atoms. The summed E-state index contributed by atoms with van der Waals surface area (Å²) in [5, 5.41) is 9.61. The van der Waals surface area contributed by atoms with E-state index in [0.717, 1.165) is 12.1 Å². The Balaban J connectivity index is 2.26. The molecule has 0 aliphatic rings. The molecule has 0 heterocycles. The highest BCUT2D eigenvalue weighted by atomic mass is 19.4. The van der Waals surface area contributed by atoms with E-state index in [4.69, 9.17) is 4.74 Å². The minimum Gasteiger partial charge on any atom is -0.493 e. The van der Waals surface area contributed by atoms with Crippen LogP contribution in [0.3, 0.4) is 0 Å². The first-order chi connectivity index (χ1) is 11.8. The molecule has 0 saturated heterocycles. The molecule has 2 nitrogen and oxygen atoms in total. The van der Waals surface area contributed by atoms with E-state index in [1.165, 1.54) is 12.1 Å². The lowest BCUT2D eigenvalue weighted by Gasteiger charge is -2.13. The molecule has 0 aromatic heterocycles. The smallest absolute Gasteiger partial charge is 0.416 e. The van der Waals surface area contributed by atoms with Gasteiger partial charge in [0, 0.05) is 16.7 Å². The molecule has 2 aromatic carbocycles. The van der Waals surface area contributed by atoms with Gasteiger partial charge in [0.1, 0.15) is 5.75 Å². The molecule has 0 fully saturated rings. The number of hydrogen-bond acceptors (Lipinski definition) is 2. The summed E-state index contributed by atoms with van der Waals surface area (Å²) in [5.74, 6) is 6.62. The van der Waals surface area contributed by atoms with Crippen LogP contribution < -0.4 is 4.74 Å². The molecular formula is C20H19F3O2. The van der Waals surface area contributed by atoms with Gasteiger partial charge in [0.15, 0.2) is 0 Å². The number of hydrogen-bond donors (Lipinski definition) is 1. The van der Waals surface area contributed by atoms with Gasteiger partial charge in [-0.05, 0) is 42.3 Å². The average Bonchev–Trinajstić information content (AvgIpc) is 2.57. The SMILES string of the molecule is CC(C)COc1cccc(C#Cc2ccc(C(F)(F)F)cc2)c1CO. The maximum atomic E-state index is 12.6. The fraction of sp³-hybridized carbons (Fsp3) is 0.300. The molecule has 0 spiro atoms. The van der Waals surface area contributed by atoms with Crippen molar-refractivity contribution in [2.45, 2.75) is 26.6 Å². The van der Waals surface area contributed by atoms with Gasteiger partial charge < -0.3 is 9.84 Å². The van der Waals surface area contributed by atoms with Gasteiger partial charge in [-0.3, -0.25) is 0 Å². The standard InChI is InChI=1S/C20H19F3O2/c1-14(2)13-25-19-5-3-4-16(18(19)12-24)9-6-15-7-10-17(11-8-15)20(21,22)23/h3-5,7-8,10-11,14,24H,12-13H2,1-2H3. The highest BCUT2D eigenvalue weighted by molar-refractivity contribution is 5.51. The zero-order valence-corrected chi connectivity index (χ0v) is 14.0. The minimum atomic E-state index is -4.36. The summed E-state index contributed by atoms with van der Waals surface area (Å²) in [7, 11) is 0. The molecule has 132 valence electrons. The monoisotopic (exact) mass is 348 g/mol. The summed E-state index contributed by atoms with van der Waals surface area (Å²) in [4.78, 5) is 0. The zero-order chi connectivity index (χ0) is 18.4. The molecule has 0 saturated carbocycles. The Labute approximate surface area is 145 Å². The normalized spacial score (nSPS) is 11.2. The highest BCUT2D eigenvalue weighted by Crippen LogP contribution is 2.29. The van der Waals surface area contributed by atoms with Crippen molar-refractivity contribution in [2.75, 3.05) is 6.61 Å². The topological polar surface area (TPSA) is 29.5 Å². The maximum absolute atomic E-state index is 12.6. The van der Waals surface area contributed by atoms with Crippen LogP contribution in [-0.4, -0.2) is 11.7 Å². The molecule has 0 unspecified atom stereocenters. The third-order valence-corrected chi connectivity index (χ3v) is 3.42. The first kappa shape index (κ1) is 18.9. The number of halogens is 3. The summed E-state index contributed by atoms with van der Waals surface area (Å²) in [6, 6.07) is 9.92. The molecule has 2 rings (SSSR count). The summed E-state index contributed by atoms with van der Waals surface area (Å²) < 4.78 is 43.4. The van der Waals surface area contributed by atoms with Crippen LogP contribution >= 0.6 is 0 Å². The Morgan fingerprint density at radius 2 is 1.72 bits per heavy atom. The first-order valence-corrected chi connectivity index (χ1v) is 7.86. The first-order valence-electron chi connectivity index (χ1n) is 7.86. The van der Waals surface area contributed by atoms with E-state index in [1.807, 2.05) is 13.8 Å². The van der Waals surface area contributed by atoms with Crippen molar-refractivity contribution < 1.29 is 23.0 Å². The van der Waals surface area contributed by atoms with Gasteiger partial charge in [-0.15, -0.1) is 0 Å². The number of aliphatic hydroxyl groups is 1. The summed E-state index contributed by atoms with van der Waals surface area (Å²) >= 11 is 0. The number of aliphatic hydroxyl groups excluding tert-OH is 1. The molecule has 25 heavy (non-hydrogen) atoms. The van der Waals surface area contributed by atoms with Crippen molar-refractivity contribution in [3.8, 4) is 17.6 Å². The summed E-state index contributed by atoms with van der Waals surface area (Å²) in [5.41, 5.74) is 0.912. The van der Waals surface area contributed by atoms with E-state index >= 15 is 0 Å². The molecule has 1 N–H and O–H groups in total. The molecule has 2 aromatic rings. The number of rotatable bonds is 4. The lowest BCUT2D eigenvalue weighted by molar-refractivity contribution is -0.137. The quantitative estimate of drug-likeness (QED) is 0.816. The van der Waals surface area contributed by atoms with Gasteiger partial charge >= 0.3 is 6.18 Å². The number of benzene rings is 2. The van der Waals surface area contributed by atoms with Gasteiger partial charge in [-0.2, -0.15) is 13.2 Å². The second-order valence-corrected chi connectivity index (χ2v) is 5.97. The van der Waals surface area contributed by atoms with Crippen LogP contribution in [0.1, 0.15) is 36.1 Å². The van der Waals surface area contributed by atoms with Gasteiger partial charge in [-0.25, -0.2) is 0 Å². The van der Waals surface area contributed by atoms with Crippen molar-refractivity contribution in [2.24, 2.45) is 5.92 Å². The van der Waals surface area contributed by atoms with Crippen LogP contribution in [0.15, 0.2) is 42.5 Å². The molecule has 0 aliphatic carbocycles. The van der Waals surface area contributed by atoms with E-state index in [1.54, 1.807) is 18.2 Å². The molecular weight excluding hydrogens is 329 g/mol. The largest absolute Gasteiger partial charge is 0.493 e. The Kier molecular flexibility index (Phi) is 6.11. The highest BCUT2D eigenvalue weighted by Gasteiger charge is 2.29. The minimum absolute atomic E-state index is 0.231. The average molecular weight is 348 g/mol. The van der Waals surface area contributed by atoms with E-state index in [-0.39, 0.29) is 6.61 Å². The van der Waals surface area contributed by atoms with E-state index < -0.39 is 11.7 Å². The fourth-order valence-corrected chi connectivity index (χ4v) is 2.12. The van der Waals surface area contributed by atoms with Crippen molar-refractivity contribution in [3.05, 3.63) is 64.7 Å². The molecule has 5 heteroatoms. The lowest BCUT2D eigenvalue weighted by atomic mass is 10.1. The van der Waals surface area contributed by atoms with Gasteiger partial charge in [-0.1, -0.05) is 31.8 Å². The Morgan fingerprint density at radius 3 is 2.28 bits per heavy atom. The van der Waals surface area contributed by atoms with Crippen LogP contribution in [0.5, 0.6) is 5.75 Å². The van der Waals surface area contributed by atoms with Crippen molar-refractivity contribution in [1.29, 1.82) is 0 Å². The fourth-order valence-electron chi connectivity index (χ4n) is 2.12. The van der Waals surface area contributed by atoms with Crippen LogP contribution in [-0.2, 0) is 12.8 Å². The maximum Gasteiger partial charge on any atom is 0.416 e. The number of alkyl halides is 3. The molecule has 0 amide bonds. The van der Waals surface area contributed by atoms with Crippen LogP contribution in [0.4, 0.5) is 13.2 Å². The second-order valence-electron chi connectivity index (χ2n) is 5.97. The van der Waals surface area contributed by atoms with Crippen LogP contribution in [0, 0.1) is 17.8 Å². The van der Waals surface area contributed by atoms with E-state index in [2.05, 4.69) is 11.8 Å². The Hall–Kier alpha value is -2.45. The van der Waals surface area contributed by atoms with Crippen molar-refractivity contribution in [1.82, 2.24) is 0 Å². The molecule has 0 radical (unpaired) electrons. The third-order valence-electron chi connectivity index (χ3n) is 3.42. The zero-order valence-electron chi connectivity index (χ0n) is 14.0. The van der Waals surface area contributed by atoms with Gasteiger partial charge in [0.2, 0.25) is 0 Å². The van der Waals surface area contributed by atoms with Crippen molar-refractivity contribution in [3.63, 3.8) is 0 Å². The summed E-state index contributed by atoms with van der Waals surface area (Å²) in [6.07, 6.45) is -4.36. The van der Waals surface area contributed by atoms with E-state index in [0.29, 0.717) is 35.0 Å². The second kappa shape index (κ2) is 8.09. The summed E-state index contributed by atoms with van der Waals surface area (Å²) in [6.45, 7) is 4.33. The lowest BCUT2D eigenvalue weighted by Crippen LogP contribution is -2.07. The van der Waals surface area contributed by atoms with Crippen molar-refractivity contribution >= 4 is 0 Å². The van der Waals surface area contributed by atoms with Gasteiger partial charge in [0.05, 0.1) is 18.8 Å². The molecule has 0 atom stereocenters. The molecule has 0 aliphatic heterocycles. The van der Waals surface area contributed by atoms with Gasteiger partial charge in [0.25, 0.3) is 0 Å². The van der Waals surface area contributed by atoms with Crippen LogP contribution in [0.2, 0.25) is 0 Å².